The van der Waals surface area contributed by atoms with Crippen molar-refractivity contribution in [2.75, 3.05) is 0 Å². The maximum absolute atomic E-state index is 12.2. The monoisotopic (exact) mass is 402 g/mol. The molecule has 0 saturated heterocycles. The van der Waals surface area contributed by atoms with Crippen LogP contribution in [0.2, 0.25) is 5.02 Å². The number of halogens is 1. The Hall–Kier alpha value is -3.57. The third kappa shape index (κ3) is 3.73. The molecule has 1 aliphatic rings. The molecule has 0 aromatic heterocycles. The summed E-state index contributed by atoms with van der Waals surface area (Å²) in [6.07, 6.45) is -0.536. The number of fused-ring (bicyclic) bond motifs is 3. The van der Waals surface area contributed by atoms with Crippen molar-refractivity contribution in [3.05, 3.63) is 94.5 Å². The van der Waals surface area contributed by atoms with E-state index in [9.17, 15) is 14.4 Å². The fourth-order valence-corrected chi connectivity index (χ4v) is 3.37. The van der Waals surface area contributed by atoms with Gasteiger partial charge in [-0.05, 0) is 35.4 Å². The lowest BCUT2D eigenvalue weighted by Crippen LogP contribution is -2.29. The van der Waals surface area contributed by atoms with E-state index in [-0.39, 0.29) is 0 Å². The van der Waals surface area contributed by atoms with Gasteiger partial charge in [0.2, 0.25) is 5.78 Å². The zero-order valence-corrected chi connectivity index (χ0v) is 15.9. The molecule has 1 aliphatic carbocycles. The second-order valence-corrected chi connectivity index (χ2v) is 6.96. The number of ketones is 2. The van der Waals surface area contributed by atoms with Crippen molar-refractivity contribution >= 4 is 34.8 Å². The molecule has 3 aromatic rings. The number of rotatable bonds is 5. The number of benzene rings is 3. The van der Waals surface area contributed by atoms with Crippen LogP contribution in [0.15, 0.2) is 77.9 Å². The molecule has 3 aromatic carbocycles. The van der Waals surface area contributed by atoms with Gasteiger partial charge in [0.15, 0.2) is 5.78 Å². The summed E-state index contributed by atoms with van der Waals surface area (Å²) in [4.78, 5) is 36.5. The maximum atomic E-state index is 12.2. The number of Topliss-reactive ketones (excluding diaryl/α,β-unsaturated/α-hetero) is 2. The molecule has 0 unspecified atom stereocenters. The van der Waals surface area contributed by atoms with E-state index < -0.39 is 23.9 Å². The van der Waals surface area contributed by atoms with Crippen molar-refractivity contribution in [2.24, 2.45) is 5.10 Å². The Morgan fingerprint density at radius 3 is 1.83 bits per heavy atom. The van der Waals surface area contributed by atoms with Crippen LogP contribution in [0, 0.1) is 0 Å². The largest absolute Gasteiger partial charge is 0.307 e. The van der Waals surface area contributed by atoms with E-state index in [0.29, 0.717) is 16.3 Å². The standard InChI is InChI=1S/C23H15ClN2O3/c24-15-11-9-14(10-12-15)20(27)13-21(28)23(29)26-25-22-18-7-3-1-5-16(18)17-6-2-4-8-19(17)22/h1-12H,13H2,(H,26,29). The summed E-state index contributed by atoms with van der Waals surface area (Å²) in [6, 6.07) is 21.6. The molecule has 1 amide bonds. The van der Waals surface area contributed by atoms with Crippen molar-refractivity contribution in [1.82, 2.24) is 5.43 Å². The molecule has 4 rings (SSSR count). The quantitative estimate of drug-likeness (QED) is 0.237. The smallest absolute Gasteiger partial charge is 0.294 e. The van der Waals surface area contributed by atoms with Gasteiger partial charge < -0.3 is 0 Å². The summed E-state index contributed by atoms with van der Waals surface area (Å²) in [6.45, 7) is 0. The molecule has 0 atom stereocenters. The van der Waals surface area contributed by atoms with E-state index >= 15 is 0 Å². The number of hydrogen-bond donors (Lipinski definition) is 1. The predicted octanol–water partition coefficient (Wildman–Crippen LogP) is 4.03. The molecule has 1 N–H and O–H groups in total. The average molecular weight is 403 g/mol. The van der Waals surface area contributed by atoms with Crippen molar-refractivity contribution in [3.63, 3.8) is 0 Å². The van der Waals surface area contributed by atoms with Gasteiger partial charge in [0.25, 0.3) is 0 Å². The molecule has 0 spiro atoms. The first-order valence-electron chi connectivity index (χ1n) is 8.93. The highest BCUT2D eigenvalue weighted by Gasteiger charge is 2.25. The van der Waals surface area contributed by atoms with Gasteiger partial charge in [-0.1, -0.05) is 60.1 Å². The van der Waals surface area contributed by atoms with Gasteiger partial charge in [-0.3, -0.25) is 14.4 Å². The van der Waals surface area contributed by atoms with E-state index in [4.69, 9.17) is 11.6 Å². The summed E-state index contributed by atoms with van der Waals surface area (Å²) in [5, 5.41) is 4.67. The number of amides is 1. The molecule has 5 nitrogen and oxygen atoms in total. The molecule has 0 heterocycles. The first-order chi connectivity index (χ1) is 14.0. The summed E-state index contributed by atoms with van der Waals surface area (Å²) in [5.41, 5.74) is 6.98. The SMILES string of the molecule is O=C(CC(=O)c1ccc(Cl)cc1)C(=O)NN=C1c2ccccc2-c2ccccc21. The number of hydrazone groups is 1. The number of nitrogens with one attached hydrogen (secondary N) is 1. The van der Waals surface area contributed by atoms with E-state index in [0.717, 1.165) is 22.3 Å². The lowest BCUT2D eigenvalue weighted by atomic mass is 10.1. The minimum Gasteiger partial charge on any atom is -0.294 e. The van der Waals surface area contributed by atoms with Crippen LogP contribution < -0.4 is 5.43 Å². The fourth-order valence-electron chi connectivity index (χ4n) is 3.25. The van der Waals surface area contributed by atoms with Crippen LogP contribution in [0.25, 0.3) is 11.1 Å². The van der Waals surface area contributed by atoms with Crippen LogP contribution >= 0.6 is 11.6 Å². The Morgan fingerprint density at radius 1 is 0.759 bits per heavy atom. The molecule has 29 heavy (non-hydrogen) atoms. The van der Waals surface area contributed by atoms with Crippen LogP contribution in [0.5, 0.6) is 0 Å². The molecule has 142 valence electrons. The first kappa shape index (κ1) is 18.8. The molecular weight excluding hydrogens is 388 g/mol. The minimum atomic E-state index is -0.929. The summed E-state index contributed by atoms with van der Waals surface area (Å²) >= 11 is 5.79. The normalized spacial score (nSPS) is 11.4. The molecule has 0 bridgehead atoms. The molecule has 0 radical (unpaired) electrons. The van der Waals surface area contributed by atoms with Gasteiger partial charge in [0.1, 0.15) is 0 Å². The van der Waals surface area contributed by atoms with Crippen molar-refractivity contribution in [3.8, 4) is 11.1 Å². The third-order valence-electron chi connectivity index (χ3n) is 4.66. The lowest BCUT2D eigenvalue weighted by molar-refractivity contribution is -0.137. The van der Waals surface area contributed by atoms with Gasteiger partial charge in [-0.15, -0.1) is 0 Å². The van der Waals surface area contributed by atoms with E-state index in [2.05, 4.69) is 10.5 Å². The summed E-state index contributed by atoms with van der Waals surface area (Å²) < 4.78 is 0. The number of carbonyl (C=O) groups excluding carboxylic acids is 3. The lowest BCUT2D eigenvalue weighted by Gasteiger charge is -2.04. The first-order valence-corrected chi connectivity index (χ1v) is 9.31. The number of carbonyl (C=O) groups is 3. The molecule has 0 saturated carbocycles. The van der Waals surface area contributed by atoms with Gasteiger partial charge in [0.05, 0.1) is 12.1 Å². The van der Waals surface area contributed by atoms with E-state index in [1.807, 2.05) is 48.5 Å². The van der Waals surface area contributed by atoms with Gasteiger partial charge in [-0.25, -0.2) is 5.43 Å². The van der Waals surface area contributed by atoms with E-state index in [1.54, 1.807) is 12.1 Å². The second kappa shape index (κ2) is 7.81. The average Bonchev–Trinajstić information content (AvgIpc) is 3.06. The van der Waals surface area contributed by atoms with Crippen LogP contribution in [0.4, 0.5) is 0 Å². The van der Waals surface area contributed by atoms with Crippen molar-refractivity contribution in [2.45, 2.75) is 6.42 Å². The highest BCUT2D eigenvalue weighted by atomic mass is 35.5. The maximum Gasteiger partial charge on any atom is 0.307 e. The predicted molar refractivity (Wildman–Crippen MR) is 111 cm³/mol. The zero-order chi connectivity index (χ0) is 20.4. The molecule has 0 fully saturated rings. The Kier molecular flexibility index (Phi) is 5.06. The highest BCUT2D eigenvalue weighted by Crippen LogP contribution is 2.36. The molecule has 6 heteroatoms. The van der Waals surface area contributed by atoms with Crippen LogP contribution in [0.1, 0.15) is 27.9 Å². The second-order valence-electron chi connectivity index (χ2n) is 6.52. The molecule has 0 aliphatic heterocycles. The summed E-state index contributed by atoms with van der Waals surface area (Å²) in [7, 11) is 0. The Bertz CT molecular complexity index is 1120. The van der Waals surface area contributed by atoms with Crippen LogP contribution in [0.3, 0.4) is 0 Å². The summed E-state index contributed by atoms with van der Waals surface area (Å²) in [5.74, 6) is -2.23. The zero-order valence-electron chi connectivity index (χ0n) is 15.2. The molecular formula is C23H15ClN2O3. The highest BCUT2D eigenvalue weighted by molar-refractivity contribution is 6.40. The number of hydrogen-bond acceptors (Lipinski definition) is 4. The van der Waals surface area contributed by atoms with Gasteiger partial charge in [-0.2, -0.15) is 5.10 Å². The third-order valence-corrected chi connectivity index (χ3v) is 4.92. The van der Waals surface area contributed by atoms with Crippen molar-refractivity contribution in [1.29, 1.82) is 0 Å². The topological polar surface area (TPSA) is 75.6 Å². The van der Waals surface area contributed by atoms with Gasteiger partial charge in [0, 0.05) is 21.7 Å². The van der Waals surface area contributed by atoms with Gasteiger partial charge >= 0.3 is 5.91 Å². The van der Waals surface area contributed by atoms with Crippen molar-refractivity contribution < 1.29 is 14.4 Å². The Balaban J connectivity index is 1.50. The number of nitrogens with zero attached hydrogens (tertiary/aromatic N) is 1. The van der Waals surface area contributed by atoms with Crippen LogP contribution in [-0.4, -0.2) is 23.2 Å². The minimum absolute atomic E-state index is 0.320. The Morgan fingerprint density at radius 2 is 1.28 bits per heavy atom. The Labute approximate surface area is 172 Å². The fraction of sp³-hybridized carbons (Fsp3) is 0.0435. The van der Waals surface area contributed by atoms with E-state index in [1.165, 1.54) is 12.1 Å². The van der Waals surface area contributed by atoms with Crippen LogP contribution in [-0.2, 0) is 9.59 Å².